The Balaban J connectivity index is 1.94. The number of aromatic amines is 1. The molecule has 0 aliphatic carbocycles. The summed E-state index contributed by atoms with van der Waals surface area (Å²) >= 11 is 0. The van der Waals surface area contributed by atoms with Gasteiger partial charge in [0.1, 0.15) is 0 Å². The Morgan fingerprint density at radius 2 is 2.33 bits per heavy atom. The van der Waals surface area contributed by atoms with Gasteiger partial charge in [-0.05, 0) is 31.9 Å². The third kappa shape index (κ3) is 2.49. The molecule has 4 nitrogen and oxygen atoms in total. The number of amides is 1. The van der Waals surface area contributed by atoms with Crippen LogP contribution in [-0.4, -0.2) is 32.9 Å². The van der Waals surface area contributed by atoms with Crippen molar-refractivity contribution >= 4 is 16.9 Å². The Morgan fingerprint density at radius 3 is 3.10 bits per heavy atom. The predicted molar refractivity (Wildman–Crippen MR) is 84.1 cm³/mol. The van der Waals surface area contributed by atoms with Gasteiger partial charge in [-0.2, -0.15) is 0 Å². The van der Waals surface area contributed by atoms with E-state index in [0.717, 1.165) is 23.9 Å². The van der Waals surface area contributed by atoms with E-state index in [1.54, 1.807) is 0 Å². The molecular formula is C17H19N3O. The number of hydrogen-bond acceptors (Lipinski definition) is 2. The van der Waals surface area contributed by atoms with Crippen molar-refractivity contribution in [1.82, 2.24) is 14.9 Å². The molecule has 0 spiro atoms. The number of aromatic nitrogens is 2. The molecule has 0 fully saturated rings. The van der Waals surface area contributed by atoms with Gasteiger partial charge in [0.05, 0.1) is 11.0 Å². The van der Waals surface area contributed by atoms with Crippen LogP contribution in [0, 0.1) is 0 Å². The van der Waals surface area contributed by atoms with Gasteiger partial charge in [0, 0.05) is 12.1 Å². The zero-order valence-corrected chi connectivity index (χ0v) is 12.1. The third-order valence-electron chi connectivity index (χ3n) is 3.92. The molecule has 1 aromatic carbocycles. The van der Waals surface area contributed by atoms with Crippen LogP contribution in [0.25, 0.3) is 11.0 Å². The maximum absolute atomic E-state index is 12.8. The number of carbonyl (C=O) groups excluding carboxylic acids is 1. The highest BCUT2D eigenvalue weighted by Gasteiger charge is 2.30. The third-order valence-corrected chi connectivity index (χ3v) is 3.92. The summed E-state index contributed by atoms with van der Waals surface area (Å²) in [5.74, 6) is 0.363. The van der Waals surface area contributed by atoms with Gasteiger partial charge in [0.2, 0.25) is 0 Å². The van der Waals surface area contributed by atoms with Gasteiger partial charge in [0.15, 0.2) is 5.82 Å². The van der Waals surface area contributed by atoms with Crippen LogP contribution in [0.1, 0.15) is 30.4 Å². The van der Waals surface area contributed by atoms with Gasteiger partial charge in [-0.15, -0.1) is 6.58 Å². The molecule has 108 valence electrons. The summed E-state index contributed by atoms with van der Waals surface area (Å²) < 4.78 is 0. The number of nitrogens with one attached hydrogen (secondary N) is 1. The van der Waals surface area contributed by atoms with E-state index in [-0.39, 0.29) is 18.0 Å². The van der Waals surface area contributed by atoms with Crippen molar-refractivity contribution in [1.29, 1.82) is 0 Å². The molecule has 1 aromatic heterocycles. The summed E-state index contributed by atoms with van der Waals surface area (Å²) in [6, 6.07) is 7.92. The van der Waals surface area contributed by atoms with Crippen LogP contribution in [0.3, 0.4) is 0 Å². The lowest BCUT2D eigenvalue weighted by atomic mass is 10.00. The normalized spacial score (nSPS) is 21.7. The Hall–Kier alpha value is -2.36. The van der Waals surface area contributed by atoms with Crippen molar-refractivity contribution in [3.63, 3.8) is 0 Å². The van der Waals surface area contributed by atoms with Crippen LogP contribution < -0.4 is 0 Å². The van der Waals surface area contributed by atoms with E-state index in [4.69, 9.17) is 0 Å². The fourth-order valence-electron chi connectivity index (χ4n) is 2.90. The topological polar surface area (TPSA) is 49.0 Å². The van der Waals surface area contributed by atoms with E-state index in [2.05, 4.69) is 28.7 Å². The highest BCUT2D eigenvalue weighted by molar-refractivity contribution is 5.94. The second-order valence-corrected chi connectivity index (χ2v) is 5.40. The Morgan fingerprint density at radius 1 is 1.52 bits per heavy atom. The van der Waals surface area contributed by atoms with Gasteiger partial charge in [0.25, 0.3) is 5.91 Å². The molecule has 1 aliphatic rings. The van der Waals surface area contributed by atoms with E-state index >= 15 is 0 Å². The number of para-hydroxylation sites is 2. The molecule has 1 aliphatic heterocycles. The molecular weight excluding hydrogens is 262 g/mol. The summed E-state index contributed by atoms with van der Waals surface area (Å²) in [5, 5.41) is 0. The number of hydrogen-bond donors (Lipinski definition) is 1. The molecule has 0 unspecified atom stereocenters. The smallest absolute Gasteiger partial charge is 0.290 e. The molecule has 1 N–H and O–H groups in total. The summed E-state index contributed by atoms with van der Waals surface area (Å²) in [5.41, 5.74) is 1.71. The van der Waals surface area contributed by atoms with Crippen molar-refractivity contribution < 1.29 is 4.79 Å². The van der Waals surface area contributed by atoms with E-state index < -0.39 is 0 Å². The first-order valence-electron chi connectivity index (χ1n) is 7.25. The van der Waals surface area contributed by atoms with Crippen molar-refractivity contribution in [3.8, 4) is 0 Å². The van der Waals surface area contributed by atoms with Crippen molar-refractivity contribution in [2.24, 2.45) is 0 Å². The van der Waals surface area contributed by atoms with Crippen LogP contribution >= 0.6 is 0 Å². The monoisotopic (exact) mass is 281 g/mol. The standard InChI is InChI=1S/C17H19N3O/c1-3-7-13-9-6-8-12(2)20(13)17(21)16-18-14-10-4-5-11-15(14)19-16/h3-6,8,10-13H,1,7,9H2,2H3,(H,18,19)/t12-,13-/m1/s1. The summed E-state index contributed by atoms with van der Waals surface area (Å²) in [6.45, 7) is 5.83. The molecule has 0 saturated heterocycles. The van der Waals surface area contributed by atoms with Gasteiger partial charge in [-0.3, -0.25) is 4.79 Å². The zero-order valence-electron chi connectivity index (χ0n) is 12.1. The fourth-order valence-corrected chi connectivity index (χ4v) is 2.90. The number of fused-ring (bicyclic) bond motifs is 1. The summed E-state index contributed by atoms with van der Waals surface area (Å²) in [7, 11) is 0. The van der Waals surface area contributed by atoms with Crippen molar-refractivity contribution in [3.05, 3.63) is 54.9 Å². The van der Waals surface area contributed by atoms with E-state index in [9.17, 15) is 4.79 Å². The van der Waals surface area contributed by atoms with E-state index in [1.165, 1.54) is 0 Å². The molecule has 1 amide bonds. The molecule has 0 saturated carbocycles. The van der Waals surface area contributed by atoms with Crippen LogP contribution in [0.4, 0.5) is 0 Å². The molecule has 2 heterocycles. The number of rotatable bonds is 3. The van der Waals surface area contributed by atoms with Gasteiger partial charge >= 0.3 is 0 Å². The minimum atomic E-state index is -0.0464. The molecule has 0 radical (unpaired) electrons. The Labute approximate surface area is 124 Å². The molecule has 21 heavy (non-hydrogen) atoms. The lowest BCUT2D eigenvalue weighted by Gasteiger charge is -2.36. The zero-order chi connectivity index (χ0) is 14.8. The average Bonchev–Trinajstić information content (AvgIpc) is 2.91. The van der Waals surface area contributed by atoms with E-state index in [1.807, 2.05) is 42.2 Å². The first kappa shape index (κ1) is 13.6. The number of imidazole rings is 1. The molecule has 4 heteroatoms. The Kier molecular flexibility index (Phi) is 3.60. The minimum absolute atomic E-state index is 0.0464. The molecule has 2 atom stereocenters. The van der Waals surface area contributed by atoms with Crippen molar-refractivity contribution in [2.75, 3.05) is 0 Å². The number of H-pyrrole nitrogens is 1. The van der Waals surface area contributed by atoms with Gasteiger partial charge < -0.3 is 9.88 Å². The van der Waals surface area contributed by atoms with E-state index in [0.29, 0.717) is 5.82 Å². The average molecular weight is 281 g/mol. The van der Waals surface area contributed by atoms with Crippen LogP contribution in [0.2, 0.25) is 0 Å². The minimum Gasteiger partial charge on any atom is -0.334 e. The van der Waals surface area contributed by atoms with Crippen LogP contribution in [-0.2, 0) is 0 Å². The van der Waals surface area contributed by atoms with Crippen LogP contribution in [0.5, 0.6) is 0 Å². The Bertz CT molecular complexity index is 668. The second-order valence-electron chi connectivity index (χ2n) is 5.40. The lowest BCUT2D eigenvalue weighted by Crippen LogP contribution is -2.47. The predicted octanol–water partition coefficient (Wildman–Crippen LogP) is 3.30. The number of carbonyl (C=O) groups is 1. The summed E-state index contributed by atoms with van der Waals surface area (Å²) in [6.07, 6.45) is 7.74. The quantitative estimate of drug-likeness (QED) is 0.878. The second kappa shape index (κ2) is 5.56. The first-order chi connectivity index (χ1) is 10.2. The molecule has 2 aromatic rings. The lowest BCUT2D eigenvalue weighted by molar-refractivity contribution is 0.0611. The van der Waals surface area contributed by atoms with Gasteiger partial charge in [-0.25, -0.2) is 4.98 Å². The first-order valence-corrected chi connectivity index (χ1v) is 7.25. The highest BCUT2D eigenvalue weighted by Crippen LogP contribution is 2.23. The highest BCUT2D eigenvalue weighted by atomic mass is 16.2. The van der Waals surface area contributed by atoms with Crippen molar-refractivity contribution in [2.45, 2.75) is 31.8 Å². The summed E-state index contributed by atoms with van der Waals surface area (Å²) in [4.78, 5) is 22.3. The molecule has 3 rings (SSSR count). The SMILES string of the molecule is C=CC[C@@H]1CC=C[C@@H](C)N1C(=O)c1nc2ccccc2[nH]1. The maximum Gasteiger partial charge on any atom is 0.290 e. The van der Waals surface area contributed by atoms with Gasteiger partial charge in [-0.1, -0.05) is 30.4 Å². The fraction of sp³-hybridized carbons (Fsp3) is 0.294. The number of benzene rings is 1. The van der Waals surface area contributed by atoms with Crippen LogP contribution in [0.15, 0.2) is 49.1 Å². The number of nitrogens with zero attached hydrogens (tertiary/aromatic N) is 2. The largest absolute Gasteiger partial charge is 0.334 e. The molecule has 0 bridgehead atoms. The maximum atomic E-state index is 12.8.